The molecule has 0 heteroatoms. The molecule has 0 aliphatic heterocycles. The molecule has 30 heavy (non-hydrogen) atoms. The number of fused-ring (bicyclic) bond motifs is 6. The fourth-order valence-corrected chi connectivity index (χ4v) is 4.44. The third-order valence-corrected chi connectivity index (χ3v) is 6.01. The van der Waals surface area contributed by atoms with Gasteiger partial charge in [0.25, 0.3) is 0 Å². The molecule has 0 aromatic heterocycles. The van der Waals surface area contributed by atoms with Gasteiger partial charge in [0.1, 0.15) is 0 Å². The van der Waals surface area contributed by atoms with Gasteiger partial charge in [-0.05, 0) is 66.3 Å². The largest absolute Gasteiger partial charge is 0.0616 e. The molecular formula is C30H20. The summed E-state index contributed by atoms with van der Waals surface area (Å²) < 4.78 is 0. The lowest BCUT2D eigenvalue weighted by atomic mass is 9.98. The van der Waals surface area contributed by atoms with E-state index in [-0.39, 0.29) is 0 Å². The van der Waals surface area contributed by atoms with Crippen LogP contribution in [-0.2, 0) is 0 Å². The van der Waals surface area contributed by atoms with E-state index in [1.54, 1.807) is 0 Å². The highest BCUT2D eigenvalue weighted by Gasteiger charge is 2.02. The van der Waals surface area contributed by atoms with Gasteiger partial charge in [0.05, 0.1) is 0 Å². The number of hydrogen-bond donors (Lipinski definition) is 0. The molecule has 0 atom stereocenters. The van der Waals surface area contributed by atoms with Crippen LogP contribution < -0.4 is 0 Å². The minimum atomic E-state index is 1.22. The first kappa shape index (κ1) is 17.0. The monoisotopic (exact) mass is 380 g/mol. The number of hydrogen-bond acceptors (Lipinski definition) is 0. The van der Waals surface area contributed by atoms with Crippen LogP contribution in [0.5, 0.6) is 0 Å². The Morgan fingerprint density at radius 2 is 0.700 bits per heavy atom. The van der Waals surface area contributed by atoms with Crippen molar-refractivity contribution < 1.29 is 0 Å². The molecule has 0 saturated heterocycles. The average Bonchev–Trinajstić information content (AvgIpc) is 2.82. The highest BCUT2D eigenvalue weighted by Crippen LogP contribution is 2.28. The van der Waals surface area contributed by atoms with E-state index in [4.69, 9.17) is 0 Å². The summed E-state index contributed by atoms with van der Waals surface area (Å²) in [5.41, 5.74) is 2.44. The van der Waals surface area contributed by atoms with Crippen molar-refractivity contribution in [3.05, 3.63) is 120 Å². The second-order valence-electron chi connectivity index (χ2n) is 7.87. The van der Waals surface area contributed by atoms with Crippen LogP contribution in [0.3, 0.4) is 0 Å². The van der Waals surface area contributed by atoms with Gasteiger partial charge in [0, 0.05) is 0 Å². The summed E-state index contributed by atoms with van der Waals surface area (Å²) in [6.45, 7) is 0. The van der Waals surface area contributed by atoms with Crippen molar-refractivity contribution in [1.82, 2.24) is 0 Å². The number of rotatable bonds is 2. The maximum atomic E-state index is 2.30. The Balaban J connectivity index is 1.44. The Kier molecular flexibility index (Phi) is 3.89. The van der Waals surface area contributed by atoms with E-state index in [1.807, 2.05) is 0 Å². The van der Waals surface area contributed by atoms with Crippen molar-refractivity contribution >= 4 is 55.2 Å². The molecule has 6 rings (SSSR count). The second-order valence-corrected chi connectivity index (χ2v) is 7.87. The molecule has 6 aromatic rings. The summed E-state index contributed by atoms with van der Waals surface area (Å²) in [6.07, 6.45) is 4.43. The minimum absolute atomic E-state index is 1.22. The third-order valence-electron chi connectivity index (χ3n) is 6.01. The quantitative estimate of drug-likeness (QED) is 0.209. The number of benzene rings is 6. The Morgan fingerprint density at radius 3 is 1.17 bits per heavy atom. The van der Waals surface area contributed by atoms with Gasteiger partial charge in [-0.3, -0.25) is 0 Å². The Bertz CT molecular complexity index is 1460. The van der Waals surface area contributed by atoms with Gasteiger partial charge in [0.2, 0.25) is 0 Å². The first-order valence-electron chi connectivity index (χ1n) is 10.4. The van der Waals surface area contributed by atoms with E-state index in [9.17, 15) is 0 Å². The zero-order valence-electron chi connectivity index (χ0n) is 16.5. The Labute approximate surface area is 175 Å². The molecule has 0 aliphatic rings. The fraction of sp³-hybridized carbons (Fsp3) is 0. The summed E-state index contributed by atoms with van der Waals surface area (Å²) in [5, 5.41) is 10.4. The van der Waals surface area contributed by atoms with Crippen LogP contribution in [-0.4, -0.2) is 0 Å². The van der Waals surface area contributed by atoms with Gasteiger partial charge in [-0.1, -0.05) is 109 Å². The standard InChI is InChI=1S/C30H20/c1-3-7-27-23(5-1)15-17-25-13-11-21(19-29(25)27)9-10-22-12-14-26-18-16-24-6-2-4-8-28(24)30(26)20-22/h1-20H/b10-9-. The highest BCUT2D eigenvalue weighted by atomic mass is 14.1. The summed E-state index contributed by atoms with van der Waals surface area (Å²) >= 11 is 0. The summed E-state index contributed by atoms with van der Waals surface area (Å²) in [7, 11) is 0. The van der Waals surface area contributed by atoms with Crippen LogP contribution in [0.1, 0.15) is 11.1 Å². The molecule has 0 nitrogen and oxygen atoms in total. The predicted octanol–water partition coefficient (Wildman–Crippen LogP) is 8.47. The van der Waals surface area contributed by atoms with Crippen molar-refractivity contribution in [2.75, 3.05) is 0 Å². The van der Waals surface area contributed by atoms with E-state index in [2.05, 4.69) is 121 Å². The van der Waals surface area contributed by atoms with Crippen molar-refractivity contribution in [3.63, 3.8) is 0 Å². The second kappa shape index (κ2) is 6.86. The lowest BCUT2D eigenvalue weighted by molar-refractivity contribution is 1.71. The van der Waals surface area contributed by atoms with Crippen LogP contribution in [0, 0.1) is 0 Å². The van der Waals surface area contributed by atoms with Gasteiger partial charge in [0.15, 0.2) is 0 Å². The van der Waals surface area contributed by atoms with Crippen molar-refractivity contribution in [2.24, 2.45) is 0 Å². The van der Waals surface area contributed by atoms with Gasteiger partial charge in [-0.2, -0.15) is 0 Å². The maximum absolute atomic E-state index is 2.30. The van der Waals surface area contributed by atoms with Gasteiger partial charge in [-0.15, -0.1) is 0 Å². The molecule has 6 aromatic carbocycles. The average molecular weight is 380 g/mol. The van der Waals surface area contributed by atoms with Crippen LogP contribution in [0.2, 0.25) is 0 Å². The van der Waals surface area contributed by atoms with Gasteiger partial charge >= 0.3 is 0 Å². The van der Waals surface area contributed by atoms with Crippen LogP contribution in [0.4, 0.5) is 0 Å². The molecule has 0 bridgehead atoms. The SMILES string of the molecule is C(=C/c1ccc2ccc3ccccc3c2c1)/c1ccc2ccc3ccccc3c2c1. The van der Waals surface area contributed by atoms with Crippen molar-refractivity contribution in [2.45, 2.75) is 0 Å². The summed E-state index contributed by atoms with van der Waals surface area (Å²) in [5.74, 6) is 0. The Morgan fingerprint density at radius 1 is 0.333 bits per heavy atom. The van der Waals surface area contributed by atoms with E-state index >= 15 is 0 Å². The van der Waals surface area contributed by atoms with E-state index in [1.165, 1.54) is 54.2 Å². The third kappa shape index (κ3) is 2.86. The van der Waals surface area contributed by atoms with E-state index in [0.717, 1.165) is 0 Å². The normalized spacial score (nSPS) is 11.9. The molecule has 0 unspecified atom stereocenters. The minimum Gasteiger partial charge on any atom is -0.0616 e. The zero-order chi connectivity index (χ0) is 19.9. The Hall–Kier alpha value is -3.90. The molecular weight excluding hydrogens is 360 g/mol. The van der Waals surface area contributed by atoms with Crippen LogP contribution >= 0.6 is 0 Å². The molecule has 0 saturated carbocycles. The highest BCUT2D eigenvalue weighted by molar-refractivity contribution is 6.09. The zero-order valence-corrected chi connectivity index (χ0v) is 16.5. The molecule has 140 valence electrons. The smallest absolute Gasteiger partial charge is 0.00995 e. The molecule has 0 radical (unpaired) electrons. The lowest BCUT2D eigenvalue weighted by Crippen LogP contribution is -1.81. The van der Waals surface area contributed by atoms with Crippen molar-refractivity contribution in [3.8, 4) is 0 Å². The topological polar surface area (TPSA) is 0 Å². The lowest BCUT2D eigenvalue weighted by Gasteiger charge is -2.06. The first-order chi connectivity index (χ1) is 14.8. The molecule has 0 fully saturated rings. The maximum Gasteiger partial charge on any atom is -0.00995 e. The first-order valence-corrected chi connectivity index (χ1v) is 10.4. The van der Waals surface area contributed by atoms with Crippen LogP contribution in [0.15, 0.2) is 109 Å². The van der Waals surface area contributed by atoms with Gasteiger partial charge in [-0.25, -0.2) is 0 Å². The van der Waals surface area contributed by atoms with Crippen molar-refractivity contribution in [1.29, 1.82) is 0 Å². The predicted molar refractivity (Wildman–Crippen MR) is 132 cm³/mol. The van der Waals surface area contributed by atoms with Gasteiger partial charge < -0.3 is 0 Å². The molecule has 0 amide bonds. The summed E-state index contributed by atoms with van der Waals surface area (Å²) in [4.78, 5) is 0. The fourth-order valence-electron chi connectivity index (χ4n) is 4.44. The molecule has 0 N–H and O–H groups in total. The molecule has 0 heterocycles. The molecule has 0 aliphatic carbocycles. The van der Waals surface area contributed by atoms with Crippen LogP contribution in [0.25, 0.3) is 55.2 Å². The summed E-state index contributed by atoms with van der Waals surface area (Å²) in [6, 6.07) is 39.4. The molecule has 0 spiro atoms. The van der Waals surface area contributed by atoms with E-state index < -0.39 is 0 Å². The van der Waals surface area contributed by atoms with E-state index in [0.29, 0.717) is 0 Å².